The zero-order valence-corrected chi connectivity index (χ0v) is 24.2. The van der Waals surface area contributed by atoms with E-state index in [1.54, 1.807) is 30.0 Å². The van der Waals surface area contributed by atoms with Crippen molar-refractivity contribution < 1.29 is 4.79 Å². The molecule has 5 nitrogen and oxygen atoms in total. The number of hydrazone groups is 1. The Morgan fingerprint density at radius 1 is 0.829 bits per heavy atom. The van der Waals surface area contributed by atoms with E-state index in [4.69, 9.17) is 15.1 Å². The Hall–Kier alpha value is -4.33. The first kappa shape index (κ1) is 26.9. The zero-order valence-electron chi connectivity index (χ0n) is 22.6. The summed E-state index contributed by atoms with van der Waals surface area (Å²) in [5.41, 5.74) is 5.57. The number of rotatable bonds is 8. The molecule has 0 aliphatic carbocycles. The maximum Gasteiger partial charge on any atom is 0.176 e. The summed E-state index contributed by atoms with van der Waals surface area (Å²) in [5, 5.41) is 6.77. The van der Waals surface area contributed by atoms with E-state index in [1.807, 2.05) is 77.8 Å². The van der Waals surface area contributed by atoms with Gasteiger partial charge >= 0.3 is 0 Å². The molecule has 1 atom stereocenters. The number of Topliss-reactive ketones (excluding diaryl/α,β-unsaturated/α-hetero) is 1. The number of hydrogen-bond acceptors (Lipinski definition) is 7. The molecule has 1 aromatic heterocycles. The van der Waals surface area contributed by atoms with Crippen LogP contribution in [0.2, 0.25) is 0 Å². The Kier molecular flexibility index (Phi) is 8.16. The van der Waals surface area contributed by atoms with Crippen molar-refractivity contribution in [3.05, 3.63) is 148 Å². The van der Waals surface area contributed by atoms with Gasteiger partial charge in [0.2, 0.25) is 0 Å². The minimum absolute atomic E-state index is 0.0769. The van der Waals surface area contributed by atoms with Crippen molar-refractivity contribution in [2.75, 3.05) is 5.01 Å². The monoisotopic (exact) mass is 572 g/mol. The molecule has 0 amide bonds. The summed E-state index contributed by atoms with van der Waals surface area (Å²) in [6, 6.07) is 40.6. The third-order valence-electron chi connectivity index (χ3n) is 6.77. The highest BCUT2D eigenvalue weighted by Gasteiger charge is 2.36. The molecule has 0 N–H and O–H groups in total. The van der Waals surface area contributed by atoms with Gasteiger partial charge in [-0.25, -0.2) is 9.99 Å². The molecule has 7 heteroatoms. The number of fused-ring (bicyclic) bond motifs is 1. The van der Waals surface area contributed by atoms with Crippen molar-refractivity contribution in [1.29, 1.82) is 0 Å². The predicted molar refractivity (Wildman–Crippen MR) is 169 cm³/mol. The van der Waals surface area contributed by atoms with Gasteiger partial charge in [0.15, 0.2) is 15.9 Å². The summed E-state index contributed by atoms with van der Waals surface area (Å²) in [7, 11) is 0. The lowest BCUT2D eigenvalue weighted by molar-refractivity contribution is -0.111. The van der Waals surface area contributed by atoms with Crippen molar-refractivity contribution in [3.63, 3.8) is 0 Å². The van der Waals surface area contributed by atoms with E-state index in [2.05, 4.69) is 48.5 Å². The third-order valence-corrected chi connectivity index (χ3v) is 9.00. The average molecular weight is 573 g/mol. The van der Waals surface area contributed by atoms with Gasteiger partial charge < -0.3 is 0 Å². The Labute approximate surface area is 248 Å². The van der Waals surface area contributed by atoms with Crippen LogP contribution in [0.1, 0.15) is 35.1 Å². The van der Waals surface area contributed by atoms with Gasteiger partial charge in [0.05, 0.1) is 18.2 Å². The summed E-state index contributed by atoms with van der Waals surface area (Å²) in [6.07, 6.45) is 0. The van der Waals surface area contributed by atoms with Gasteiger partial charge in [-0.1, -0.05) is 132 Å². The second-order valence-electron chi connectivity index (χ2n) is 9.63. The summed E-state index contributed by atoms with van der Waals surface area (Å²) < 4.78 is 1.76. The molecule has 0 radical (unpaired) electrons. The van der Waals surface area contributed by atoms with E-state index in [0.29, 0.717) is 18.1 Å². The lowest BCUT2D eigenvalue weighted by Gasteiger charge is -2.32. The minimum Gasteiger partial charge on any atom is -0.293 e. The van der Waals surface area contributed by atoms with E-state index in [1.165, 1.54) is 5.56 Å². The molecule has 6 rings (SSSR count). The second-order valence-corrected chi connectivity index (χ2v) is 11.8. The normalized spacial score (nSPS) is 14.9. The molecule has 41 heavy (non-hydrogen) atoms. The molecule has 1 aliphatic rings. The minimum atomic E-state index is -0.380. The highest BCUT2D eigenvalue weighted by molar-refractivity contribution is 8.00. The Bertz CT molecular complexity index is 1740. The zero-order chi connectivity index (χ0) is 28.0. The molecule has 0 fully saturated rings. The summed E-state index contributed by atoms with van der Waals surface area (Å²) >= 11 is 3.27. The van der Waals surface area contributed by atoms with Crippen LogP contribution < -0.4 is 9.68 Å². The maximum atomic E-state index is 13.2. The van der Waals surface area contributed by atoms with Crippen LogP contribution >= 0.6 is 23.1 Å². The van der Waals surface area contributed by atoms with Crippen LogP contribution in [0.3, 0.4) is 0 Å². The average Bonchev–Trinajstić information content (AvgIpc) is 3.03. The molecule has 1 unspecified atom stereocenters. The second kappa shape index (κ2) is 12.5. The lowest BCUT2D eigenvalue weighted by Crippen LogP contribution is -2.35. The first-order valence-corrected chi connectivity index (χ1v) is 15.2. The summed E-state index contributed by atoms with van der Waals surface area (Å²) in [4.78, 5) is 23.6. The van der Waals surface area contributed by atoms with Crippen LogP contribution in [0.5, 0.6) is 0 Å². The van der Waals surface area contributed by atoms with Gasteiger partial charge in [0, 0.05) is 18.2 Å². The molecule has 202 valence electrons. The molecule has 0 saturated heterocycles. The van der Waals surface area contributed by atoms with Gasteiger partial charge in [-0.2, -0.15) is 5.10 Å². The molecule has 4 aromatic carbocycles. The van der Waals surface area contributed by atoms with Gasteiger partial charge in [-0.05, 0) is 28.8 Å². The Balaban J connectivity index is 1.58. The fraction of sp³-hybridized carbons (Fsp3) is 0.118. The van der Waals surface area contributed by atoms with Gasteiger partial charge in [0.25, 0.3) is 0 Å². The molecular weight excluding hydrogens is 545 g/mol. The Morgan fingerprint density at radius 3 is 2.05 bits per heavy atom. The fourth-order valence-corrected chi connectivity index (χ4v) is 6.83. The largest absolute Gasteiger partial charge is 0.293 e. The van der Waals surface area contributed by atoms with E-state index in [9.17, 15) is 4.79 Å². The number of carbonyl (C=O) groups excluding carboxylic acids is 1. The van der Waals surface area contributed by atoms with E-state index in [-0.39, 0.29) is 11.7 Å². The maximum absolute atomic E-state index is 13.2. The van der Waals surface area contributed by atoms with Crippen molar-refractivity contribution in [2.24, 2.45) is 10.1 Å². The van der Waals surface area contributed by atoms with E-state index in [0.717, 1.165) is 37.1 Å². The quantitative estimate of drug-likeness (QED) is 0.178. The molecular formula is C34H28N4OS2. The van der Waals surface area contributed by atoms with E-state index >= 15 is 0 Å². The predicted octanol–water partition coefficient (Wildman–Crippen LogP) is 7.76. The summed E-state index contributed by atoms with van der Waals surface area (Å²) in [6.45, 7) is 2.11. The van der Waals surface area contributed by atoms with Gasteiger partial charge in [-0.3, -0.25) is 9.79 Å². The van der Waals surface area contributed by atoms with Crippen LogP contribution in [0.15, 0.2) is 136 Å². The standard InChI is InChI=1S/C34H28N4OS2/c1-24(39)31-29(27-18-10-4-11-19-27)30-32(38(37-31)28-20-12-5-13-21-28)36-34(40-23-26-16-8-3-9-17-26)41-33(30)35-22-25-14-6-2-7-15-25/h2-21,29H,22-23H2,1H3. The number of nitrogens with zero attached hydrogens (tertiary/aromatic N) is 4. The molecule has 2 heterocycles. The molecule has 5 aromatic rings. The first-order valence-electron chi connectivity index (χ1n) is 13.4. The molecule has 0 saturated carbocycles. The van der Waals surface area contributed by atoms with Crippen molar-refractivity contribution in [1.82, 2.24) is 4.98 Å². The number of para-hydroxylation sites is 1. The third kappa shape index (κ3) is 6.06. The van der Waals surface area contributed by atoms with Gasteiger partial charge in [-0.15, -0.1) is 0 Å². The SMILES string of the molecule is CC(=O)C1=NN(c2ccccc2)c2nc(SCc3ccccc3)sc(=NCc3ccccc3)c2C1c1ccccc1. The van der Waals surface area contributed by atoms with Crippen LogP contribution in [0.4, 0.5) is 11.5 Å². The number of hydrogen-bond donors (Lipinski definition) is 0. The molecule has 0 spiro atoms. The van der Waals surface area contributed by atoms with Crippen molar-refractivity contribution in [2.45, 2.75) is 29.5 Å². The van der Waals surface area contributed by atoms with Gasteiger partial charge in [0.1, 0.15) is 10.4 Å². The number of carbonyl (C=O) groups is 1. The van der Waals surface area contributed by atoms with Crippen molar-refractivity contribution >= 4 is 46.1 Å². The van der Waals surface area contributed by atoms with E-state index < -0.39 is 0 Å². The smallest absolute Gasteiger partial charge is 0.176 e. The molecule has 0 bridgehead atoms. The fourth-order valence-electron chi connectivity index (χ4n) is 4.80. The van der Waals surface area contributed by atoms with Crippen LogP contribution in [-0.4, -0.2) is 16.5 Å². The highest BCUT2D eigenvalue weighted by Crippen LogP contribution is 2.40. The number of benzene rings is 4. The number of thioether (sulfide) groups is 1. The van der Waals surface area contributed by atoms with Crippen LogP contribution in [0, 0.1) is 0 Å². The first-order chi connectivity index (χ1) is 20.2. The topological polar surface area (TPSA) is 57.9 Å². The number of aromatic nitrogens is 1. The number of anilines is 2. The highest BCUT2D eigenvalue weighted by atomic mass is 32.2. The van der Waals surface area contributed by atoms with Crippen LogP contribution in [0.25, 0.3) is 0 Å². The Morgan fingerprint density at radius 2 is 1.41 bits per heavy atom. The van der Waals surface area contributed by atoms with Crippen LogP contribution in [-0.2, 0) is 17.1 Å². The molecule has 1 aliphatic heterocycles. The lowest BCUT2D eigenvalue weighted by atomic mass is 9.85. The number of ketones is 1. The summed E-state index contributed by atoms with van der Waals surface area (Å²) in [5.74, 6) is 1.04. The van der Waals surface area contributed by atoms with Crippen molar-refractivity contribution in [3.8, 4) is 0 Å².